The lowest BCUT2D eigenvalue weighted by Crippen LogP contribution is -2.43. The maximum Gasteiger partial charge on any atom is 0.354 e. The molecule has 2 aliphatic rings. The molecule has 2 aromatic rings. The molecule has 218 valence electrons. The second kappa shape index (κ2) is 13.7. The van der Waals surface area contributed by atoms with Crippen LogP contribution >= 0.6 is 0 Å². The number of nitrogens with two attached hydrogens (primary N) is 1. The Hall–Kier alpha value is -4.51. The first-order chi connectivity index (χ1) is 19.9. The topological polar surface area (TPSA) is 136 Å². The van der Waals surface area contributed by atoms with Gasteiger partial charge in [-0.2, -0.15) is 0 Å². The van der Waals surface area contributed by atoms with Crippen molar-refractivity contribution in [3.63, 3.8) is 0 Å². The smallest absolute Gasteiger partial charge is 0.354 e. The number of carbonyl (C=O) groups is 3. The molecule has 11 nitrogen and oxygen atoms in total. The number of hydrogen-bond acceptors (Lipinski definition) is 11. The molecule has 0 unspecified atom stereocenters. The summed E-state index contributed by atoms with van der Waals surface area (Å²) < 4.78 is 33.3. The van der Waals surface area contributed by atoms with Crippen LogP contribution in [0.4, 0.5) is 0 Å². The van der Waals surface area contributed by atoms with Gasteiger partial charge >= 0.3 is 17.9 Å². The minimum Gasteiger partial charge on any atom is -0.491 e. The molecule has 4 rings (SSSR count). The van der Waals surface area contributed by atoms with E-state index in [1.54, 1.807) is 42.2 Å². The normalized spacial score (nSPS) is 19.4. The lowest BCUT2D eigenvalue weighted by molar-refractivity contribution is -0.142. The van der Waals surface area contributed by atoms with E-state index in [4.69, 9.17) is 34.2 Å². The van der Waals surface area contributed by atoms with E-state index >= 15 is 0 Å². The number of carbonyl (C=O) groups excluding carboxylic acids is 3. The van der Waals surface area contributed by atoms with Crippen LogP contribution in [0.15, 0.2) is 71.6 Å². The third-order valence-electron chi connectivity index (χ3n) is 6.73. The summed E-state index contributed by atoms with van der Waals surface area (Å²) in [5, 5.41) is 0. The van der Waals surface area contributed by atoms with E-state index in [0.717, 1.165) is 6.08 Å². The predicted molar refractivity (Wildman–Crippen MR) is 147 cm³/mol. The van der Waals surface area contributed by atoms with Gasteiger partial charge in [0.05, 0.1) is 57.8 Å². The van der Waals surface area contributed by atoms with Crippen molar-refractivity contribution >= 4 is 17.9 Å². The average Bonchev–Trinajstić information content (AvgIpc) is 2.98. The average molecular weight is 567 g/mol. The second-order valence-electron chi connectivity index (χ2n) is 9.12. The zero-order chi connectivity index (χ0) is 29.4. The van der Waals surface area contributed by atoms with Gasteiger partial charge in [-0.05, 0) is 19.1 Å². The molecule has 2 atom stereocenters. The summed E-state index contributed by atoms with van der Waals surface area (Å²) in [5.74, 6) is -1.31. The number of nitrogens with zero attached hydrogens (tertiary/aromatic N) is 1. The summed E-state index contributed by atoms with van der Waals surface area (Å²) in [7, 11) is 2.41. The molecule has 0 saturated heterocycles. The summed E-state index contributed by atoms with van der Waals surface area (Å²) in [6, 6.07) is 12.7. The van der Waals surface area contributed by atoms with Crippen molar-refractivity contribution in [3.05, 3.63) is 82.7 Å². The molecule has 2 heterocycles. The number of rotatable bonds is 5. The number of ether oxygens (including phenoxy) is 6. The van der Waals surface area contributed by atoms with Crippen molar-refractivity contribution < 1.29 is 42.8 Å². The first-order valence-electron chi connectivity index (χ1n) is 13.2. The number of benzene rings is 2. The van der Waals surface area contributed by atoms with Gasteiger partial charge < -0.3 is 39.1 Å². The molecule has 2 aromatic carbocycles. The summed E-state index contributed by atoms with van der Waals surface area (Å²) in [5.41, 5.74) is 8.07. The minimum absolute atomic E-state index is 0.0970. The second-order valence-corrected chi connectivity index (χ2v) is 9.12. The quantitative estimate of drug-likeness (QED) is 0.325. The number of fused-ring (bicyclic) bond motifs is 6. The molecule has 41 heavy (non-hydrogen) atoms. The maximum atomic E-state index is 13.5. The molecule has 2 aliphatic heterocycles. The molecule has 11 heteroatoms. The molecular formula is C30H34N2O9. The summed E-state index contributed by atoms with van der Waals surface area (Å²) in [6.07, 6.45) is 1.14. The Balaban J connectivity index is 2.09. The molecule has 0 saturated carbocycles. The Labute approximate surface area is 238 Å². The van der Waals surface area contributed by atoms with E-state index in [1.807, 2.05) is 18.2 Å². The van der Waals surface area contributed by atoms with Crippen molar-refractivity contribution in [2.45, 2.75) is 25.4 Å². The van der Waals surface area contributed by atoms with E-state index in [1.165, 1.54) is 14.2 Å². The van der Waals surface area contributed by atoms with Crippen LogP contribution in [-0.4, -0.2) is 70.1 Å². The number of methoxy groups -OCH3 is 2. The molecule has 2 N–H and O–H groups in total. The Kier molecular flexibility index (Phi) is 9.86. The van der Waals surface area contributed by atoms with Crippen LogP contribution < -0.4 is 15.2 Å². The molecule has 0 spiro atoms. The number of para-hydroxylation sites is 2. The van der Waals surface area contributed by atoms with Gasteiger partial charge in [0.25, 0.3) is 0 Å². The van der Waals surface area contributed by atoms with Crippen molar-refractivity contribution in [1.82, 2.24) is 4.90 Å². The Morgan fingerprint density at radius 3 is 2.15 bits per heavy atom. The van der Waals surface area contributed by atoms with Gasteiger partial charge in [0.2, 0.25) is 0 Å². The zero-order valence-electron chi connectivity index (χ0n) is 23.3. The highest BCUT2D eigenvalue weighted by atomic mass is 16.5. The van der Waals surface area contributed by atoms with Crippen LogP contribution in [0.3, 0.4) is 0 Å². The van der Waals surface area contributed by atoms with Crippen molar-refractivity contribution in [2.75, 3.05) is 47.3 Å². The fraction of sp³-hybridized carbons (Fsp3) is 0.367. The van der Waals surface area contributed by atoms with Gasteiger partial charge in [-0.3, -0.25) is 0 Å². The minimum atomic E-state index is -1.03. The van der Waals surface area contributed by atoms with Gasteiger partial charge in [0, 0.05) is 23.2 Å². The van der Waals surface area contributed by atoms with Crippen LogP contribution in [0, 0.1) is 0 Å². The molecule has 0 fully saturated rings. The molecule has 0 amide bonds. The predicted octanol–water partition coefficient (Wildman–Crippen LogP) is 2.97. The van der Waals surface area contributed by atoms with Gasteiger partial charge in [0.1, 0.15) is 30.4 Å². The lowest BCUT2D eigenvalue weighted by atomic mass is 9.83. The van der Waals surface area contributed by atoms with Gasteiger partial charge in [-0.15, -0.1) is 0 Å². The molecule has 0 aliphatic carbocycles. The third-order valence-corrected chi connectivity index (χ3v) is 6.73. The summed E-state index contributed by atoms with van der Waals surface area (Å²) >= 11 is 0. The van der Waals surface area contributed by atoms with E-state index < -0.39 is 30.0 Å². The first-order valence-corrected chi connectivity index (χ1v) is 13.2. The van der Waals surface area contributed by atoms with Crippen molar-refractivity contribution in [3.8, 4) is 11.5 Å². The fourth-order valence-corrected chi connectivity index (χ4v) is 5.00. The van der Waals surface area contributed by atoms with Crippen molar-refractivity contribution in [1.29, 1.82) is 0 Å². The van der Waals surface area contributed by atoms with Crippen LogP contribution in [0.25, 0.3) is 0 Å². The number of hydrogen-bond donors (Lipinski definition) is 1. The monoisotopic (exact) mass is 566 g/mol. The largest absolute Gasteiger partial charge is 0.491 e. The zero-order valence-corrected chi connectivity index (χ0v) is 23.3. The number of esters is 3. The van der Waals surface area contributed by atoms with Crippen LogP contribution in [-0.2, 0) is 33.3 Å². The fourth-order valence-electron chi connectivity index (χ4n) is 5.00. The van der Waals surface area contributed by atoms with Crippen LogP contribution in [0.2, 0.25) is 0 Å². The molecule has 0 aromatic heterocycles. The van der Waals surface area contributed by atoms with Crippen molar-refractivity contribution in [2.24, 2.45) is 5.73 Å². The van der Waals surface area contributed by atoms with Crippen LogP contribution in [0.1, 0.15) is 36.6 Å². The highest BCUT2D eigenvalue weighted by molar-refractivity contribution is 5.97. The van der Waals surface area contributed by atoms with Gasteiger partial charge in [0.15, 0.2) is 0 Å². The van der Waals surface area contributed by atoms with Crippen LogP contribution in [0.5, 0.6) is 11.5 Å². The van der Waals surface area contributed by atoms with E-state index in [-0.39, 0.29) is 49.8 Å². The van der Waals surface area contributed by atoms with Gasteiger partial charge in [-0.25, -0.2) is 14.4 Å². The summed E-state index contributed by atoms with van der Waals surface area (Å²) in [6.45, 7) is 2.85. The van der Waals surface area contributed by atoms with Gasteiger partial charge in [-0.1, -0.05) is 36.4 Å². The Morgan fingerprint density at radius 1 is 0.927 bits per heavy atom. The molecule has 2 bridgehead atoms. The maximum absolute atomic E-state index is 13.5. The first kappa shape index (κ1) is 29.5. The molecular weight excluding hydrogens is 532 g/mol. The highest BCUT2D eigenvalue weighted by Gasteiger charge is 2.45. The SMILES string of the molecule is CCOC(=O)C1=C(N)C[C@@H]2c3ccccc3OCCOCCOc3ccccc3[C@@H]1N2/C(=C/C(=O)OC)C(=O)OC. The van der Waals surface area contributed by atoms with E-state index in [2.05, 4.69) is 0 Å². The standard InChI is InChI=1S/C30H34N2O9/c1-4-39-30(35)27-21(31)17-22-19-9-5-7-11-24(19)40-15-13-38-14-16-41-25-12-8-6-10-20(25)28(27)32(22)23(29(34)37-3)18-26(33)36-2/h5-12,18,22,28H,4,13-17,31H2,1-3H3/b23-18+/t22-,28+/m1/s1. The van der Waals surface area contributed by atoms with E-state index in [0.29, 0.717) is 29.2 Å². The highest BCUT2D eigenvalue weighted by Crippen LogP contribution is 2.50. The Morgan fingerprint density at radius 2 is 1.54 bits per heavy atom. The Bertz CT molecular complexity index is 1340. The van der Waals surface area contributed by atoms with E-state index in [9.17, 15) is 14.4 Å². The third kappa shape index (κ3) is 6.46. The molecule has 0 radical (unpaired) electrons. The summed E-state index contributed by atoms with van der Waals surface area (Å²) in [4.78, 5) is 41.2. The lowest BCUT2D eigenvalue weighted by Gasteiger charge is -2.45.